The van der Waals surface area contributed by atoms with Gasteiger partial charge in [-0.3, -0.25) is 13.8 Å². The zero-order chi connectivity index (χ0) is 49.9. The third-order valence-corrected chi connectivity index (χ3v) is 15.3. The van der Waals surface area contributed by atoms with Crippen molar-refractivity contribution in [1.82, 2.24) is 5.32 Å². The minimum absolute atomic E-state index is 0.0784. The molecule has 0 aromatic carbocycles. The Morgan fingerprint density at radius 3 is 0.985 bits per heavy atom. The van der Waals surface area contributed by atoms with Crippen molar-refractivity contribution < 1.29 is 32.9 Å². The first-order valence-electron chi connectivity index (χ1n) is 30.4. The van der Waals surface area contributed by atoms with Crippen LogP contribution >= 0.6 is 7.82 Å². The van der Waals surface area contributed by atoms with Crippen molar-refractivity contribution in [3.63, 3.8) is 0 Å². The molecule has 8 nitrogen and oxygen atoms in total. The summed E-state index contributed by atoms with van der Waals surface area (Å²) >= 11 is 0. The summed E-state index contributed by atoms with van der Waals surface area (Å²) in [6, 6.07) is -0.753. The van der Waals surface area contributed by atoms with Gasteiger partial charge in [0.15, 0.2) is 0 Å². The van der Waals surface area contributed by atoms with Crippen molar-refractivity contribution >= 4 is 13.7 Å². The number of likely N-dealkylation sites (N-methyl/N-ethyl adjacent to an activating group) is 1. The fourth-order valence-corrected chi connectivity index (χ4v) is 10.3. The van der Waals surface area contributed by atoms with Crippen molar-refractivity contribution in [2.75, 3.05) is 40.9 Å². The van der Waals surface area contributed by atoms with Crippen molar-refractivity contribution in [1.29, 1.82) is 0 Å². The van der Waals surface area contributed by atoms with E-state index in [-0.39, 0.29) is 19.1 Å². The first kappa shape index (κ1) is 67.5. The molecule has 0 aromatic heterocycles. The molecule has 3 N–H and O–H groups in total. The van der Waals surface area contributed by atoms with Crippen molar-refractivity contribution in [2.45, 2.75) is 334 Å². The maximum absolute atomic E-state index is 12.9. The van der Waals surface area contributed by atoms with Crippen LogP contribution in [0.4, 0.5) is 0 Å². The second-order valence-corrected chi connectivity index (χ2v) is 23.9. The molecular formula is C59H122N2O6P+. The largest absolute Gasteiger partial charge is 0.472 e. The van der Waals surface area contributed by atoms with Crippen LogP contribution in [-0.2, 0) is 18.4 Å². The highest BCUT2D eigenvalue weighted by Crippen LogP contribution is 2.43. The van der Waals surface area contributed by atoms with Crippen molar-refractivity contribution in [3.8, 4) is 0 Å². The average molecular weight is 987 g/mol. The molecule has 0 fully saturated rings. The van der Waals surface area contributed by atoms with Gasteiger partial charge in [0.25, 0.3) is 0 Å². The summed E-state index contributed by atoms with van der Waals surface area (Å²) in [7, 11) is 1.63. The summed E-state index contributed by atoms with van der Waals surface area (Å²) < 4.78 is 23.7. The van der Waals surface area contributed by atoms with E-state index in [1.807, 2.05) is 21.1 Å². The lowest BCUT2D eigenvalue weighted by molar-refractivity contribution is -0.870. The number of amides is 1. The van der Waals surface area contributed by atoms with E-state index < -0.39 is 20.0 Å². The lowest BCUT2D eigenvalue weighted by Gasteiger charge is -2.26. The zero-order valence-corrected chi connectivity index (χ0v) is 47.5. The van der Waals surface area contributed by atoms with Gasteiger partial charge in [-0.1, -0.05) is 303 Å². The minimum Gasteiger partial charge on any atom is -0.391 e. The summed E-state index contributed by atoms with van der Waals surface area (Å²) in [5.74, 6) is -0.139. The zero-order valence-electron chi connectivity index (χ0n) is 46.6. The molecule has 9 heteroatoms. The molecular weight excluding hydrogens is 864 g/mol. The van der Waals surface area contributed by atoms with Crippen LogP contribution in [0.5, 0.6) is 0 Å². The summed E-state index contributed by atoms with van der Waals surface area (Å²) in [6.45, 7) is 4.91. The highest BCUT2D eigenvalue weighted by Gasteiger charge is 2.28. The SMILES string of the molecule is CCCCCCCCCCCCCCCCCCCCCCCCCCCCCCCCCCCCCCCC(=O)NC(COP(=O)(O)OCC[N+](C)(C)C)C(O)CCCCCCCCCCC. The van der Waals surface area contributed by atoms with Gasteiger partial charge in [-0.15, -0.1) is 0 Å². The molecule has 0 aliphatic rings. The maximum Gasteiger partial charge on any atom is 0.472 e. The number of unbranched alkanes of at least 4 members (excludes halogenated alkanes) is 44. The van der Waals surface area contributed by atoms with E-state index in [0.29, 0.717) is 23.9 Å². The van der Waals surface area contributed by atoms with Gasteiger partial charge in [-0.2, -0.15) is 0 Å². The van der Waals surface area contributed by atoms with E-state index in [0.717, 1.165) is 38.5 Å². The summed E-state index contributed by atoms with van der Waals surface area (Å²) in [4.78, 5) is 23.2. The Morgan fingerprint density at radius 2 is 0.706 bits per heavy atom. The van der Waals surface area contributed by atoms with Gasteiger partial charge in [0.1, 0.15) is 13.2 Å². The summed E-state index contributed by atoms with van der Waals surface area (Å²) in [5.41, 5.74) is 0. The highest BCUT2D eigenvalue weighted by molar-refractivity contribution is 7.47. The number of hydrogen-bond acceptors (Lipinski definition) is 5. The second-order valence-electron chi connectivity index (χ2n) is 22.4. The third kappa shape index (κ3) is 53.3. The number of nitrogens with one attached hydrogen (secondary N) is 1. The highest BCUT2D eigenvalue weighted by atomic mass is 31.2. The predicted octanol–water partition coefficient (Wildman–Crippen LogP) is 18.4. The second kappa shape index (κ2) is 51.4. The van der Waals surface area contributed by atoms with E-state index in [4.69, 9.17) is 9.05 Å². The molecule has 0 aliphatic carbocycles. The smallest absolute Gasteiger partial charge is 0.391 e. The molecule has 3 unspecified atom stereocenters. The topological polar surface area (TPSA) is 105 Å². The summed E-state index contributed by atoms with van der Waals surface area (Å²) in [6.07, 6.45) is 62.2. The molecule has 0 aromatic rings. The molecule has 0 aliphatic heterocycles. The molecule has 3 atom stereocenters. The monoisotopic (exact) mass is 986 g/mol. The number of phosphoric acid groups is 1. The van der Waals surface area contributed by atoms with Crippen LogP contribution in [0, 0.1) is 0 Å². The number of phosphoric ester groups is 1. The lowest BCUT2D eigenvalue weighted by Crippen LogP contribution is -2.46. The maximum atomic E-state index is 12.9. The van der Waals surface area contributed by atoms with Gasteiger partial charge in [-0.05, 0) is 12.8 Å². The van der Waals surface area contributed by atoms with E-state index >= 15 is 0 Å². The first-order valence-corrected chi connectivity index (χ1v) is 31.9. The lowest BCUT2D eigenvalue weighted by atomic mass is 10.0. The number of aliphatic hydroxyl groups excluding tert-OH is 1. The molecule has 408 valence electrons. The molecule has 0 heterocycles. The number of carbonyl (C=O) groups is 1. The van der Waals surface area contributed by atoms with Gasteiger partial charge in [0, 0.05) is 6.42 Å². The molecule has 0 saturated heterocycles. The van der Waals surface area contributed by atoms with Gasteiger partial charge >= 0.3 is 7.82 Å². The van der Waals surface area contributed by atoms with Gasteiger partial charge in [-0.25, -0.2) is 4.57 Å². The number of rotatable bonds is 57. The van der Waals surface area contributed by atoms with Crippen LogP contribution in [0.2, 0.25) is 0 Å². The number of nitrogens with zero attached hydrogens (tertiary/aromatic N) is 1. The third-order valence-electron chi connectivity index (χ3n) is 14.4. The number of aliphatic hydroxyl groups is 1. The van der Waals surface area contributed by atoms with Crippen LogP contribution in [-0.4, -0.2) is 73.4 Å². The fraction of sp³-hybridized carbons (Fsp3) is 0.983. The average Bonchev–Trinajstić information content (AvgIpc) is 3.30. The van der Waals surface area contributed by atoms with Crippen LogP contribution in [0.25, 0.3) is 0 Å². The molecule has 1 amide bonds. The van der Waals surface area contributed by atoms with E-state index in [2.05, 4.69) is 19.2 Å². The van der Waals surface area contributed by atoms with Crippen LogP contribution in [0.3, 0.4) is 0 Å². The Bertz CT molecular complexity index is 1070. The van der Waals surface area contributed by atoms with E-state index in [1.54, 1.807) is 0 Å². The van der Waals surface area contributed by atoms with Crippen molar-refractivity contribution in [2.24, 2.45) is 0 Å². The molecule has 0 radical (unpaired) electrons. The minimum atomic E-state index is -4.31. The fourth-order valence-electron chi connectivity index (χ4n) is 9.58. The van der Waals surface area contributed by atoms with Crippen LogP contribution < -0.4 is 5.32 Å². The molecule has 68 heavy (non-hydrogen) atoms. The quantitative estimate of drug-likeness (QED) is 0.0319. The number of quaternary nitrogens is 1. The predicted molar refractivity (Wildman–Crippen MR) is 296 cm³/mol. The molecule has 0 bridgehead atoms. The van der Waals surface area contributed by atoms with Gasteiger partial charge in [0.05, 0.1) is 39.9 Å². The Kier molecular flexibility index (Phi) is 51.0. The summed E-state index contributed by atoms with van der Waals surface area (Å²) in [5, 5.41) is 14.0. The van der Waals surface area contributed by atoms with Gasteiger partial charge in [0.2, 0.25) is 5.91 Å². The molecule has 0 saturated carbocycles. The number of hydrogen-bond donors (Lipinski definition) is 3. The Balaban J connectivity index is 3.75. The van der Waals surface area contributed by atoms with E-state index in [9.17, 15) is 19.4 Å². The van der Waals surface area contributed by atoms with Crippen LogP contribution in [0.15, 0.2) is 0 Å². The molecule has 0 spiro atoms. The standard InChI is InChI=1S/C59H121N2O6P/c1-6-8-10-12-14-16-17-18-19-20-21-22-23-24-25-26-27-28-29-30-31-32-33-34-35-36-37-38-39-40-41-42-43-45-47-49-51-53-59(63)60-57(56-67-68(64,65)66-55-54-61(3,4)5)58(62)52-50-48-46-44-15-13-11-9-7-2/h57-58,62H,6-56H2,1-5H3,(H-,60,63,64,65)/p+1. The normalized spacial score (nSPS) is 13.8. The Labute approximate surface area is 425 Å². The first-order chi connectivity index (χ1) is 33.0. The van der Waals surface area contributed by atoms with Gasteiger partial charge < -0.3 is 19.8 Å². The van der Waals surface area contributed by atoms with Crippen molar-refractivity contribution in [3.05, 3.63) is 0 Å². The Hall–Kier alpha value is -0.500. The Morgan fingerprint density at radius 1 is 0.441 bits per heavy atom. The molecule has 0 rings (SSSR count). The van der Waals surface area contributed by atoms with Crippen LogP contribution in [0.1, 0.15) is 322 Å². The van der Waals surface area contributed by atoms with E-state index in [1.165, 1.54) is 257 Å². The number of carbonyl (C=O) groups excluding carboxylic acids is 1.